The van der Waals surface area contributed by atoms with Crippen LogP contribution >= 0.6 is 24.2 Å². The number of carbonyl (C=O) groups is 1. The second-order valence-corrected chi connectivity index (χ2v) is 7.82. The van der Waals surface area contributed by atoms with Crippen LogP contribution in [0, 0.1) is 0 Å². The van der Waals surface area contributed by atoms with Gasteiger partial charge in [0.15, 0.2) is 0 Å². The van der Waals surface area contributed by atoms with Crippen molar-refractivity contribution in [3.05, 3.63) is 35.4 Å². The number of thioether (sulfide) groups is 1. The summed E-state index contributed by atoms with van der Waals surface area (Å²) in [4.78, 5) is 12.4. The van der Waals surface area contributed by atoms with Crippen LogP contribution in [0.15, 0.2) is 24.3 Å². The van der Waals surface area contributed by atoms with E-state index in [1.54, 1.807) is 23.9 Å². The number of hydrogen-bond acceptors (Lipinski definition) is 3. The fourth-order valence-electron chi connectivity index (χ4n) is 3.60. The highest BCUT2D eigenvalue weighted by molar-refractivity contribution is 7.98. The van der Waals surface area contributed by atoms with Crippen molar-refractivity contribution in [1.82, 2.24) is 5.32 Å². The molecule has 0 bridgehead atoms. The molecule has 27 heavy (non-hydrogen) atoms. The maximum absolute atomic E-state index is 13.5. The summed E-state index contributed by atoms with van der Waals surface area (Å²) < 4.78 is 40.4. The maximum Gasteiger partial charge on any atom is 0.416 e. The van der Waals surface area contributed by atoms with E-state index in [0.29, 0.717) is 19.3 Å². The summed E-state index contributed by atoms with van der Waals surface area (Å²) in [6.45, 7) is 0. The standard InChI is InChI=1S/C19H27F3N2OS.ClH/c1-26-12-11-16(23)18(25)24-17-10-4-2-3-8-14(17)13-7-5-6-9-15(13)19(20,21)22;/h5-7,9,14,16-17H,2-4,8,10-12,23H2,1H3,(H,24,25);1H/t14?,16-,17?;/m0./s1. The third-order valence-electron chi connectivity index (χ3n) is 4.98. The van der Waals surface area contributed by atoms with Gasteiger partial charge in [-0.1, -0.05) is 37.5 Å². The van der Waals surface area contributed by atoms with Crippen molar-refractivity contribution < 1.29 is 18.0 Å². The highest BCUT2D eigenvalue weighted by atomic mass is 35.5. The minimum Gasteiger partial charge on any atom is -0.351 e. The molecular formula is C19H28ClF3N2OS. The molecule has 1 fully saturated rings. The number of alkyl halides is 3. The van der Waals surface area contributed by atoms with Crippen LogP contribution in [0.3, 0.4) is 0 Å². The van der Waals surface area contributed by atoms with E-state index in [9.17, 15) is 18.0 Å². The first-order valence-electron chi connectivity index (χ1n) is 9.05. The van der Waals surface area contributed by atoms with Gasteiger partial charge in [-0.2, -0.15) is 24.9 Å². The van der Waals surface area contributed by atoms with Gasteiger partial charge in [-0.25, -0.2) is 0 Å². The zero-order valence-corrected chi connectivity index (χ0v) is 17.1. The Morgan fingerprint density at radius 1 is 1.26 bits per heavy atom. The highest BCUT2D eigenvalue weighted by Gasteiger charge is 2.37. The third kappa shape index (κ3) is 6.88. The van der Waals surface area contributed by atoms with Gasteiger partial charge in [-0.3, -0.25) is 4.79 Å². The summed E-state index contributed by atoms with van der Waals surface area (Å²) in [6, 6.07) is 4.79. The van der Waals surface area contributed by atoms with Crippen molar-refractivity contribution in [2.45, 2.75) is 62.7 Å². The predicted molar refractivity (Wildman–Crippen MR) is 107 cm³/mol. The first-order chi connectivity index (χ1) is 12.3. The molecule has 0 aromatic heterocycles. The van der Waals surface area contributed by atoms with Gasteiger partial charge in [-0.05, 0) is 42.9 Å². The fourth-order valence-corrected chi connectivity index (χ4v) is 4.09. The molecule has 1 saturated carbocycles. The van der Waals surface area contributed by atoms with Crippen LogP contribution in [-0.2, 0) is 11.0 Å². The molecule has 2 unspecified atom stereocenters. The zero-order valence-electron chi connectivity index (χ0n) is 15.4. The van der Waals surface area contributed by atoms with E-state index < -0.39 is 17.8 Å². The minimum atomic E-state index is -4.40. The summed E-state index contributed by atoms with van der Waals surface area (Å²) in [5.74, 6) is 0.173. The Morgan fingerprint density at radius 3 is 2.59 bits per heavy atom. The molecule has 154 valence electrons. The number of rotatable bonds is 6. The Kier molecular flexibility index (Phi) is 9.98. The Hall–Kier alpha value is -0.920. The van der Waals surface area contributed by atoms with Crippen LogP contribution in [0.1, 0.15) is 55.6 Å². The molecule has 1 aliphatic carbocycles. The molecule has 0 spiro atoms. The van der Waals surface area contributed by atoms with E-state index in [1.807, 2.05) is 6.26 Å². The predicted octanol–water partition coefficient (Wildman–Crippen LogP) is 4.74. The molecule has 0 saturated heterocycles. The third-order valence-corrected chi connectivity index (χ3v) is 5.62. The van der Waals surface area contributed by atoms with Crippen molar-refractivity contribution in [1.29, 1.82) is 0 Å². The van der Waals surface area contributed by atoms with Crippen LogP contribution < -0.4 is 11.1 Å². The van der Waals surface area contributed by atoms with Crippen molar-refractivity contribution in [3.8, 4) is 0 Å². The SMILES string of the molecule is CSCC[C@H](N)C(=O)NC1CCCCCC1c1ccccc1C(F)(F)F.Cl. The summed E-state index contributed by atoms with van der Waals surface area (Å²) in [7, 11) is 0. The summed E-state index contributed by atoms with van der Waals surface area (Å²) >= 11 is 1.61. The molecule has 0 radical (unpaired) electrons. The summed E-state index contributed by atoms with van der Waals surface area (Å²) in [6.07, 6.45) is 2.15. The van der Waals surface area contributed by atoms with E-state index >= 15 is 0 Å². The number of carbonyl (C=O) groups excluding carboxylic acids is 1. The molecule has 0 heterocycles. The lowest BCUT2D eigenvalue weighted by Crippen LogP contribution is -2.47. The Morgan fingerprint density at radius 2 is 1.93 bits per heavy atom. The maximum atomic E-state index is 13.5. The lowest BCUT2D eigenvalue weighted by atomic mass is 9.84. The number of halogens is 4. The number of nitrogens with one attached hydrogen (secondary N) is 1. The average Bonchev–Trinajstić information content (AvgIpc) is 2.84. The molecule has 0 aliphatic heterocycles. The van der Waals surface area contributed by atoms with E-state index in [-0.39, 0.29) is 35.8 Å². The van der Waals surface area contributed by atoms with Crippen molar-refractivity contribution >= 4 is 30.1 Å². The van der Waals surface area contributed by atoms with Gasteiger partial charge < -0.3 is 11.1 Å². The van der Waals surface area contributed by atoms with Gasteiger partial charge >= 0.3 is 6.18 Å². The Bertz CT molecular complexity index is 601. The number of hydrogen-bond donors (Lipinski definition) is 2. The van der Waals surface area contributed by atoms with Gasteiger partial charge in [0.1, 0.15) is 0 Å². The zero-order chi connectivity index (χ0) is 19.2. The van der Waals surface area contributed by atoms with Crippen LogP contribution in [0.5, 0.6) is 0 Å². The second kappa shape index (κ2) is 11.2. The van der Waals surface area contributed by atoms with Gasteiger partial charge in [0, 0.05) is 12.0 Å². The first kappa shape index (κ1) is 24.1. The van der Waals surface area contributed by atoms with E-state index in [4.69, 9.17) is 5.73 Å². The van der Waals surface area contributed by atoms with E-state index in [0.717, 1.165) is 31.1 Å². The molecule has 1 aromatic rings. The van der Waals surface area contributed by atoms with Crippen molar-refractivity contribution in [2.75, 3.05) is 12.0 Å². The van der Waals surface area contributed by atoms with Crippen LogP contribution in [0.4, 0.5) is 13.2 Å². The van der Waals surface area contributed by atoms with Crippen LogP contribution in [0.25, 0.3) is 0 Å². The Balaban J connectivity index is 0.00000364. The smallest absolute Gasteiger partial charge is 0.351 e. The number of benzene rings is 1. The second-order valence-electron chi connectivity index (χ2n) is 6.83. The highest BCUT2D eigenvalue weighted by Crippen LogP contribution is 2.40. The average molecular weight is 425 g/mol. The van der Waals surface area contributed by atoms with Crippen molar-refractivity contribution in [2.24, 2.45) is 5.73 Å². The molecule has 8 heteroatoms. The summed E-state index contributed by atoms with van der Waals surface area (Å²) in [5.41, 5.74) is 5.62. The van der Waals surface area contributed by atoms with Crippen LogP contribution in [0.2, 0.25) is 0 Å². The normalized spacial score (nSPS) is 21.7. The topological polar surface area (TPSA) is 55.1 Å². The van der Waals surface area contributed by atoms with Crippen LogP contribution in [-0.4, -0.2) is 30.0 Å². The first-order valence-corrected chi connectivity index (χ1v) is 10.4. The number of amides is 1. The molecular weight excluding hydrogens is 397 g/mol. The van der Waals surface area contributed by atoms with Gasteiger partial charge in [-0.15, -0.1) is 12.4 Å². The molecule has 1 amide bonds. The Labute approximate surface area is 169 Å². The lowest BCUT2D eigenvalue weighted by Gasteiger charge is -2.29. The number of nitrogens with two attached hydrogens (primary N) is 1. The molecule has 3 atom stereocenters. The van der Waals surface area contributed by atoms with E-state index in [2.05, 4.69) is 5.32 Å². The fraction of sp³-hybridized carbons (Fsp3) is 0.632. The lowest BCUT2D eigenvalue weighted by molar-refractivity contribution is -0.138. The molecule has 3 nitrogen and oxygen atoms in total. The molecule has 3 N–H and O–H groups in total. The largest absolute Gasteiger partial charge is 0.416 e. The molecule has 2 rings (SSSR count). The van der Waals surface area contributed by atoms with Gasteiger partial charge in [0.25, 0.3) is 0 Å². The summed E-state index contributed by atoms with van der Waals surface area (Å²) in [5, 5.41) is 2.95. The molecule has 1 aromatic carbocycles. The van der Waals surface area contributed by atoms with Gasteiger partial charge in [0.05, 0.1) is 11.6 Å². The van der Waals surface area contributed by atoms with E-state index in [1.165, 1.54) is 6.07 Å². The minimum absolute atomic E-state index is 0. The monoisotopic (exact) mass is 424 g/mol. The molecule has 1 aliphatic rings. The van der Waals surface area contributed by atoms with Gasteiger partial charge in [0.2, 0.25) is 5.91 Å². The van der Waals surface area contributed by atoms with Crippen molar-refractivity contribution in [3.63, 3.8) is 0 Å². The quantitative estimate of drug-likeness (QED) is 0.648.